The summed E-state index contributed by atoms with van der Waals surface area (Å²) in [5.41, 5.74) is 0. The summed E-state index contributed by atoms with van der Waals surface area (Å²) in [6, 6.07) is -0.991. The first-order valence-electron chi connectivity index (χ1n) is 37.3. The second-order valence-corrected chi connectivity index (χ2v) is 26.4. The van der Waals surface area contributed by atoms with Crippen LogP contribution in [0.4, 0.5) is 0 Å². The second-order valence-electron chi connectivity index (χ2n) is 26.4. The van der Waals surface area contributed by atoms with Crippen molar-refractivity contribution in [3.63, 3.8) is 0 Å². The topological polar surface area (TPSA) is 307 Å². The number of ether oxygens (including phenoxy) is 6. The zero-order valence-corrected chi connectivity index (χ0v) is 58.4. The Balaban J connectivity index is 1.32. The Bertz CT molecular complexity index is 2050. The van der Waals surface area contributed by atoms with Crippen molar-refractivity contribution in [1.29, 1.82) is 0 Å². The van der Waals surface area contributed by atoms with Gasteiger partial charge in [0.2, 0.25) is 5.91 Å². The third-order valence-electron chi connectivity index (χ3n) is 18.2. The van der Waals surface area contributed by atoms with Crippen molar-refractivity contribution in [2.45, 2.75) is 362 Å². The fourth-order valence-corrected chi connectivity index (χ4v) is 12.2. The summed E-state index contributed by atoms with van der Waals surface area (Å²) in [4.78, 5) is 13.4. The molecule has 550 valence electrons. The highest BCUT2D eigenvalue weighted by Crippen LogP contribution is 2.33. The van der Waals surface area contributed by atoms with Crippen molar-refractivity contribution in [2.24, 2.45) is 0 Å². The van der Waals surface area contributed by atoms with E-state index in [1.54, 1.807) is 6.08 Å². The van der Waals surface area contributed by atoms with E-state index >= 15 is 0 Å². The Hall–Kier alpha value is -3.03. The summed E-state index contributed by atoms with van der Waals surface area (Å²) in [5.74, 6) is -0.285. The van der Waals surface area contributed by atoms with Gasteiger partial charge < -0.3 is 89.9 Å². The molecule has 0 saturated carbocycles. The van der Waals surface area contributed by atoms with E-state index in [0.717, 1.165) is 70.6 Å². The summed E-state index contributed by atoms with van der Waals surface area (Å²) >= 11 is 0. The van der Waals surface area contributed by atoms with Gasteiger partial charge in [0, 0.05) is 6.42 Å². The molecule has 19 nitrogen and oxygen atoms in total. The van der Waals surface area contributed by atoms with Crippen molar-refractivity contribution in [3.05, 3.63) is 85.1 Å². The highest BCUT2D eigenvalue weighted by molar-refractivity contribution is 5.76. The average molecular weight is 1350 g/mol. The van der Waals surface area contributed by atoms with Crippen molar-refractivity contribution in [2.75, 3.05) is 26.4 Å². The van der Waals surface area contributed by atoms with Gasteiger partial charge >= 0.3 is 0 Å². The largest absolute Gasteiger partial charge is 0.394 e. The number of allylic oxidation sites excluding steroid dienone is 13. The van der Waals surface area contributed by atoms with Gasteiger partial charge in [-0.1, -0.05) is 259 Å². The van der Waals surface area contributed by atoms with E-state index in [2.05, 4.69) is 92.1 Å². The number of hydrogen-bond donors (Lipinski definition) is 12. The van der Waals surface area contributed by atoms with E-state index in [0.29, 0.717) is 12.8 Å². The molecule has 3 rings (SSSR count). The maximum atomic E-state index is 13.4. The number of amides is 1. The molecule has 3 heterocycles. The van der Waals surface area contributed by atoms with Crippen molar-refractivity contribution < 1.29 is 89.4 Å². The molecule has 0 radical (unpaired) electrons. The number of hydrogen-bond acceptors (Lipinski definition) is 18. The molecule has 1 amide bonds. The molecule has 95 heavy (non-hydrogen) atoms. The molecule has 19 heteroatoms. The second kappa shape index (κ2) is 56.7. The SMILES string of the molecule is CC/C=C\C/C=C\C/C=C\C/C=C\C/C=C\CCCCCCCCCCCCCCCCCCCCCCCC(=O)NC(COC1OC(CO)C(OC2OC(CO)C(OC3OC(CO)C(O)C(O)C3O)C(O)C2O)C(O)C1O)C(O)/C=C/CC/C=C/CCCCCCCCC. The van der Waals surface area contributed by atoms with Crippen molar-refractivity contribution in [3.8, 4) is 0 Å². The minimum atomic E-state index is -1.98. The number of nitrogens with one attached hydrogen (secondary N) is 1. The van der Waals surface area contributed by atoms with E-state index in [4.69, 9.17) is 28.4 Å². The predicted molar refractivity (Wildman–Crippen MR) is 374 cm³/mol. The molecule has 3 saturated heterocycles. The van der Waals surface area contributed by atoms with Crippen LogP contribution in [0.3, 0.4) is 0 Å². The van der Waals surface area contributed by atoms with Gasteiger partial charge in [-0.05, 0) is 77.0 Å². The molecular weight excluding hydrogens is 1210 g/mol. The fourth-order valence-electron chi connectivity index (χ4n) is 12.2. The number of aliphatic hydroxyl groups is 11. The monoisotopic (exact) mass is 1350 g/mol. The smallest absolute Gasteiger partial charge is 0.220 e. The van der Waals surface area contributed by atoms with Crippen LogP contribution in [0.5, 0.6) is 0 Å². The first-order chi connectivity index (χ1) is 46.3. The maximum absolute atomic E-state index is 13.4. The van der Waals surface area contributed by atoms with Crippen LogP contribution in [0.1, 0.15) is 258 Å². The van der Waals surface area contributed by atoms with E-state index in [1.807, 2.05) is 6.08 Å². The van der Waals surface area contributed by atoms with E-state index in [9.17, 15) is 61.0 Å². The van der Waals surface area contributed by atoms with E-state index in [-0.39, 0.29) is 18.9 Å². The number of rotatable bonds is 57. The number of aliphatic hydroxyl groups excluding tert-OH is 11. The Morgan fingerprint density at radius 3 is 1.18 bits per heavy atom. The van der Waals surface area contributed by atoms with Gasteiger partial charge in [0.05, 0.1) is 38.6 Å². The van der Waals surface area contributed by atoms with Crippen LogP contribution < -0.4 is 5.32 Å². The lowest BCUT2D eigenvalue weighted by Crippen LogP contribution is -2.66. The van der Waals surface area contributed by atoms with E-state index in [1.165, 1.54) is 154 Å². The quantitative estimate of drug-likeness (QED) is 0.0199. The lowest BCUT2D eigenvalue weighted by Gasteiger charge is -2.48. The summed E-state index contributed by atoms with van der Waals surface area (Å²) in [6.45, 7) is 1.59. The van der Waals surface area contributed by atoms with Gasteiger partial charge in [0.25, 0.3) is 0 Å². The van der Waals surface area contributed by atoms with Gasteiger partial charge in [0.1, 0.15) is 73.2 Å². The summed E-state index contributed by atoms with van der Waals surface area (Å²) in [5, 5.41) is 120. The highest BCUT2D eigenvalue weighted by Gasteiger charge is 2.53. The van der Waals surface area contributed by atoms with Gasteiger partial charge in [0.15, 0.2) is 18.9 Å². The minimum absolute atomic E-state index is 0.235. The Morgan fingerprint density at radius 2 is 0.737 bits per heavy atom. The Morgan fingerprint density at radius 1 is 0.389 bits per heavy atom. The third kappa shape index (κ3) is 37.8. The molecule has 0 aromatic rings. The van der Waals surface area contributed by atoms with Gasteiger partial charge in [-0.3, -0.25) is 4.79 Å². The molecular formula is C76H133NO18. The lowest BCUT2D eigenvalue weighted by atomic mass is 9.96. The molecule has 3 aliphatic heterocycles. The summed E-state index contributed by atoms with van der Waals surface area (Å²) < 4.78 is 34.3. The predicted octanol–water partition coefficient (Wildman–Crippen LogP) is 11.1. The molecule has 0 bridgehead atoms. The number of carbonyl (C=O) groups is 1. The molecule has 3 aliphatic rings. The van der Waals surface area contributed by atoms with Crippen molar-refractivity contribution >= 4 is 5.91 Å². The van der Waals surface area contributed by atoms with Crippen LogP contribution in [0.25, 0.3) is 0 Å². The van der Waals surface area contributed by atoms with Gasteiger partial charge in [-0.25, -0.2) is 0 Å². The van der Waals surface area contributed by atoms with Crippen LogP contribution >= 0.6 is 0 Å². The lowest BCUT2D eigenvalue weighted by molar-refractivity contribution is -0.379. The molecule has 17 unspecified atom stereocenters. The number of unbranched alkanes of at least 4 members (excludes halogenated alkanes) is 29. The number of carbonyl (C=O) groups excluding carboxylic acids is 1. The van der Waals surface area contributed by atoms with E-state index < -0.39 is 124 Å². The highest BCUT2D eigenvalue weighted by atomic mass is 16.8. The Labute approximate surface area is 571 Å². The summed E-state index contributed by atoms with van der Waals surface area (Å²) in [6.07, 6.45) is 47.4. The van der Waals surface area contributed by atoms with Crippen LogP contribution in [0.2, 0.25) is 0 Å². The Kier molecular flexibility index (Phi) is 51.4. The first-order valence-corrected chi connectivity index (χ1v) is 37.3. The zero-order valence-electron chi connectivity index (χ0n) is 58.4. The molecule has 0 aliphatic carbocycles. The van der Waals surface area contributed by atoms with Crippen LogP contribution in [0, 0.1) is 0 Å². The van der Waals surface area contributed by atoms with Crippen LogP contribution in [-0.4, -0.2) is 193 Å². The average Bonchev–Trinajstić information content (AvgIpc) is 0.791. The molecule has 3 fully saturated rings. The molecule has 0 aromatic heterocycles. The maximum Gasteiger partial charge on any atom is 0.220 e. The normalized spacial score (nSPS) is 27.7. The van der Waals surface area contributed by atoms with Crippen LogP contribution in [0.15, 0.2) is 85.1 Å². The third-order valence-corrected chi connectivity index (χ3v) is 18.2. The fraction of sp³-hybridized carbons (Fsp3) is 0.803. The van der Waals surface area contributed by atoms with Gasteiger partial charge in [-0.15, -0.1) is 0 Å². The zero-order chi connectivity index (χ0) is 68.9. The van der Waals surface area contributed by atoms with Crippen LogP contribution in [-0.2, 0) is 33.2 Å². The van der Waals surface area contributed by atoms with Crippen molar-refractivity contribution in [1.82, 2.24) is 5.32 Å². The summed E-state index contributed by atoms with van der Waals surface area (Å²) in [7, 11) is 0. The van der Waals surface area contributed by atoms with Gasteiger partial charge in [-0.2, -0.15) is 0 Å². The molecule has 12 N–H and O–H groups in total. The molecule has 0 spiro atoms. The molecule has 17 atom stereocenters. The standard InChI is InChI=1S/C76H133NO18/c1-3-5-7-9-11-13-15-17-18-19-20-21-22-23-24-25-26-27-28-29-30-31-32-33-34-35-36-37-38-39-40-42-44-46-48-50-52-54-64(82)77-59(60(81)53-51-49-47-45-43-41-16-14-12-10-8-6-4-2)58-90-74-70(88)67(85)72(62(56-79)92-74)95-76-71(89)68(86)73(63(57-80)93-76)94-75-69(87)66(84)65(83)61(55-78)91-75/h5,7,11,13,17-18,20-21,23-24,43,45,51,53,59-63,65-76,78-81,83-89H,3-4,6,8-10,12,14-16,19,22,25-42,44,46-50,52,54-58H2,1-2H3,(H,77,82)/b7-5-,13-11-,18-17-,21-20-,24-23-,45-43+,53-51+. The minimum Gasteiger partial charge on any atom is -0.394 e. The molecule has 0 aromatic carbocycles. The first kappa shape index (κ1) is 86.2.